The highest BCUT2D eigenvalue weighted by molar-refractivity contribution is 5.48. The van der Waals surface area contributed by atoms with Gasteiger partial charge in [0.05, 0.1) is 18.8 Å². The fourth-order valence-corrected chi connectivity index (χ4v) is 3.88. The second kappa shape index (κ2) is 9.67. The van der Waals surface area contributed by atoms with Gasteiger partial charge in [0.1, 0.15) is 5.82 Å². The molecule has 1 N–H and O–H groups in total. The number of aliphatic hydroxyl groups is 1. The molecule has 5 nitrogen and oxygen atoms in total. The van der Waals surface area contributed by atoms with E-state index in [0.29, 0.717) is 13.1 Å². The van der Waals surface area contributed by atoms with Crippen molar-refractivity contribution in [2.75, 3.05) is 22.9 Å². The average molecular weight is 407 g/mol. The molecule has 0 aliphatic carbocycles. The van der Waals surface area contributed by atoms with Gasteiger partial charge in [0, 0.05) is 31.5 Å². The van der Waals surface area contributed by atoms with Crippen molar-refractivity contribution < 1.29 is 9.50 Å². The summed E-state index contributed by atoms with van der Waals surface area (Å²) in [5.41, 5.74) is 3.74. The molecule has 0 spiro atoms. The number of hydrogen-bond donors (Lipinski definition) is 1. The Balaban J connectivity index is 1.60. The first-order valence-electron chi connectivity index (χ1n) is 10.5. The van der Waals surface area contributed by atoms with Crippen LogP contribution in [0.2, 0.25) is 0 Å². The summed E-state index contributed by atoms with van der Waals surface area (Å²) in [6.07, 6.45) is 5.43. The molecule has 2 heterocycles. The average Bonchev–Trinajstić information content (AvgIpc) is 2.80. The van der Waals surface area contributed by atoms with E-state index < -0.39 is 0 Å². The molecule has 30 heavy (non-hydrogen) atoms. The maximum Gasteiger partial charge on any atom is 0.225 e. The lowest BCUT2D eigenvalue weighted by atomic mass is 10.1. The van der Waals surface area contributed by atoms with Crippen LogP contribution in [-0.2, 0) is 19.7 Å². The van der Waals surface area contributed by atoms with Gasteiger partial charge in [0.25, 0.3) is 0 Å². The molecule has 0 amide bonds. The number of piperidine rings is 1. The minimum absolute atomic E-state index is 0.0138. The zero-order valence-corrected chi connectivity index (χ0v) is 17.0. The van der Waals surface area contributed by atoms with Gasteiger partial charge in [-0.05, 0) is 60.7 Å². The number of nitrogens with zero attached hydrogens (tertiary/aromatic N) is 4. The Kier molecular flexibility index (Phi) is 6.54. The molecule has 0 atom stereocenters. The standard InChI is InChI=1S/C24H27FN4O/c25-21-8-10-23(11-9-21)29(16-19-6-2-3-7-20(19)18-30)17-22-12-13-26-24(27-22)28-14-4-1-5-15-28/h2-3,6-13,30H,1,4-5,14-18H2. The molecule has 1 fully saturated rings. The van der Waals surface area contributed by atoms with Crippen LogP contribution in [-0.4, -0.2) is 28.2 Å². The van der Waals surface area contributed by atoms with Crippen molar-refractivity contribution in [3.8, 4) is 0 Å². The summed E-state index contributed by atoms with van der Waals surface area (Å²) in [4.78, 5) is 13.7. The van der Waals surface area contributed by atoms with Crippen molar-refractivity contribution in [3.63, 3.8) is 0 Å². The number of rotatable bonds is 7. The van der Waals surface area contributed by atoms with E-state index in [1.54, 1.807) is 12.1 Å². The topological polar surface area (TPSA) is 52.5 Å². The summed E-state index contributed by atoms with van der Waals surface area (Å²) >= 11 is 0. The first-order valence-corrected chi connectivity index (χ1v) is 10.5. The van der Waals surface area contributed by atoms with Crippen LogP contribution in [0.1, 0.15) is 36.1 Å². The molecule has 0 radical (unpaired) electrons. The molecule has 0 bridgehead atoms. The quantitative estimate of drug-likeness (QED) is 0.634. The zero-order chi connectivity index (χ0) is 20.8. The lowest BCUT2D eigenvalue weighted by Gasteiger charge is -2.28. The SMILES string of the molecule is OCc1ccccc1CN(Cc1ccnc(N2CCCCC2)n1)c1ccc(F)cc1. The first kappa shape index (κ1) is 20.3. The van der Waals surface area contributed by atoms with E-state index in [0.717, 1.165) is 41.5 Å². The molecule has 2 aromatic carbocycles. The Morgan fingerprint density at radius 2 is 1.63 bits per heavy atom. The van der Waals surface area contributed by atoms with Crippen molar-refractivity contribution >= 4 is 11.6 Å². The summed E-state index contributed by atoms with van der Waals surface area (Å²) < 4.78 is 13.5. The monoisotopic (exact) mass is 406 g/mol. The molecule has 1 aliphatic rings. The normalized spacial score (nSPS) is 14.0. The van der Waals surface area contributed by atoms with Gasteiger partial charge in [-0.1, -0.05) is 24.3 Å². The predicted molar refractivity (Wildman–Crippen MR) is 117 cm³/mol. The summed E-state index contributed by atoms with van der Waals surface area (Å²) in [5, 5.41) is 9.71. The second-order valence-corrected chi connectivity index (χ2v) is 7.65. The number of hydrogen-bond acceptors (Lipinski definition) is 5. The Morgan fingerprint density at radius 1 is 0.900 bits per heavy atom. The van der Waals surface area contributed by atoms with Crippen LogP contribution in [0, 0.1) is 5.82 Å². The van der Waals surface area contributed by atoms with Crippen molar-refractivity contribution in [2.45, 2.75) is 39.0 Å². The second-order valence-electron chi connectivity index (χ2n) is 7.65. The molecule has 3 aromatic rings. The van der Waals surface area contributed by atoms with Crippen LogP contribution in [0.15, 0.2) is 60.8 Å². The van der Waals surface area contributed by atoms with Gasteiger partial charge in [0.15, 0.2) is 0 Å². The minimum Gasteiger partial charge on any atom is -0.392 e. The van der Waals surface area contributed by atoms with Crippen molar-refractivity contribution in [1.29, 1.82) is 0 Å². The van der Waals surface area contributed by atoms with E-state index in [-0.39, 0.29) is 12.4 Å². The highest BCUT2D eigenvalue weighted by atomic mass is 19.1. The molecular weight excluding hydrogens is 379 g/mol. The van der Waals surface area contributed by atoms with Gasteiger partial charge in [-0.15, -0.1) is 0 Å². The van der Waals surface area contributed by atoms with Gasteiger partial charge < -0.3 is 14.9 Å². The number of anilines is 2. The number of halogens is 1. The van der Waals surface area contributed by atoms with Crippen LogP contribution in [0.5, 0.6) is 0 Å². The van der Waals surface area contributed by atoms with Crippen LogP contribution in [0.4, 0.5) is 16.0 Å². The highest BCUT2D eigenvalue weighted by Crippen LogP contribution is 2.23. The van der Waals surface area contributed by atoms with Crippen LogP contribution < -0.4 is 9.80 Å². The third-order valence-corrected chi connectivity index (χ3v) is 5.53. The highest BCUT2D eigenvalue weighted by Gasteiger charge is 2.16. The Labute approximate surface area is 176 Å². The van der Waals surface area contributed by atoms with Crippen LogP contribution in [0.25, 0.3) is 0 Å². The van der Waals surface area contributed by atoms with Gasteiger partial charge in [0.2, 0.25) is 5.95 Å². The van der Waals surface area contributed by atoms with Gasteiger partial charge in [-0.25, -0.2) is 14.4 Å². The van der Waals surface area contributed by atoms with Crippen molar-refractivity contribution in [3.05, 3.63) is 83.4 Å². The van der Waals surface area contributed by atoms with Crippen molar-refractivity contribution in [1.82, 2.24) is 9.97 Å². The molecule has 1 aromatic heterocycles. The first-order chi connectivity index (χ1) is 14.7. The number of benzene rings is 2. The fraction of sp³-hybridized carbons (Fsp3) is 0.333. The van der Waals surface area contributed by atoms with E-state index in [1.165, 1.54) is 31.4 Å². The summed E-state index contributed by atoms with van der Waals surface area (Å²) in [7, 11) is 0. The third-order valence-electron chi connectivity index (χ3n) is 5.53. The lowest BCUT2D eigenvalue weighted by molar-refractivity contribution is 0.280. The van der Waals surface area contributed by atoms with E-state index in [2.05, 4.69) is 14.8 Å². The smallest absolute Gasteiger partial charge is 0.225 e. The molecule has 1 aliphatic heterocycles. The minimum atomic E-state index is -0.260. The van der Waals surface area contributed by atoms with Gasteiger partial charge >= 0.3 is 0 Å². The number of aromatic nitrogens is 2. The largest absolute Gasteiger partial charge is 0.392 e. The van der Waals surface area contributed by atoms with Crippen LogP contribution in [0.3, 0.4) is 0 Å². The molecule has 0 saturated carbocycles. The summed E-state index contributed by atoms with van der Waals surface area (Å²) in [6, 6.07) is 16.3. The molecule has 1 saturated heterocycles. The van der Waals surface area contributed by atoms with E-state index >= 15 is 0 Å². The maximum absolute atomic E-state index is 13.5. The van der Waals surface area contributed by atoms with E-state index in [9.17, 15) is 9.50 Å². The van der Waals surface area contributed by atoms with E-state index in [4.69, 9.17) is 4.98 Å². The Hall–Kier alpha value is -2.99. The van der Waals surface area contributed by atoms with Crippen molar-refractivity contribution in [2.24, 2.45) is 0 Å². The zero-order valence-electron chi connectivity index (χ0n) is 17.0. The van der Waals surface area contributed by atoms with Gasteiger partial charge in [-0.2, -0.15) is 0 Å². The maximum atomic E-state index is 13.5. The molecular formula is C24H27FN4O. The number of aliphatic hydroxyl groups excluding tert-OH is 1. The van der Waals surface area contributed by atoms with Gasteiger partial charge in [-0.3, -0.25) is 0 Å². The summed E-state index contributed by atoms with van der Waals surface area (Å²) in [5.74, 6) is 0.519. The Morgan fingerprint density at radius 3 is 2.37 bits per heavy atom. The third kappa shape index (κ3) is 4.94. The molecule has 156 valence electrons. The lowest BCUT2D eigenvalue weighted by Crippen LogP contribution is -2.31. The fourth-order valence-electron chi connectivity index (χ4n) is 3.88. The summed E-state index contributed by atoms with van der Waals surface area (Å²) in [6.45, 7) is 3.13. The molecule has 0 unspecified atom stereocenters. The van der Waals surface area contributed by atoms with Crippen LogP contribution >= 0.6 is 0 Å². The molecule has 6 heteroatoms. The Bertz CT molecular complexity index is 957. The van der Waals surface area contributed by atoms with E-state index in [1.807, 2.05) is 36.5 Å². The predicted octanol–water partition coefficient (Wildman–Crippen LogP) is 4.31. The molecule has 4 rings (SSSR count).